The number of carbonyl (C=O) groups is 1. The van der Waals surface area contributed by atoms with Crippen LogP contribution in [0.2, 0.25) is 0 Å². The van der Waals surface area contributed by atoms with Crippen LogP contribution in [-0.2, 0) is 9.53 Å². The van der Waals surface area contributed by atoms with Crippen LogP contribution < -0.4 is 5.32 Å². The van der Waals surface area contributed by atoms with E-state index in [4.69, 9.17) is 4.74 Å². The molecule has 1 aromatic heterocycles. The number of esters is 1. The molecule has 0 spiro atoms. The second-order valence-corrected chi connectivity index (χ2v) is 5.67. The lowest BCUT2D eigenvalue weighted by Gasteiger charge is -2.17. The molecule has 5 heteroatoms. The molecule has 2 aromatic rings. The van der Waals surface area contributed by atoms with Crippen LogP contribution >= 0.6 is 0 Å². The molecule has 1 fully saturated rings. The van der Waals surface area contributed by atoms with E-state index in [0.717, 1.165) is 23.1 Å². The van der Waals surface area contributed by atoms with Crippen LogP contribution in [0.1, 0.15) is 31.9 Å². The van der Waals surface area contributed by atoms with E-state index in [2.05, 4.69) is 34.3 Å². The molecule has 3 atom stereocenters. The lowest BCUT2D eigenvalue weighted by Crippen LogP contribution is -2.35. The Morgan fingerprint density at radius 2 is 1.86 bits per heavy atom. The van der Waals surface area contributed by atoms with Crippen molar-refractivity contribution in [1.82, 2.24) is 15.3 Å². The van der Waals surface area contributed by atoms with Crippen LogP contribution in [0.4, 0.5) is 0 Å². The Morgan fingerprint density at radius 1 is 1.18 bits per heavy atom. The molecule has 22 heavy (non-hydrogen) atoms. The zero-order valence-electron chi connectivity index (χ0n) is 12.7. The van der Waals surface area contributed by atoms with Gasteiger partial charge in [0.1, 0.15) is 18.5 Å². The third-order valence-corrected chi connectivity index (χ3v) is 3.93. The number of hydrogen-bond donors (Lipinski definition) is 1. The highest BCUT2D eigenvalue weighted by Crippen LogP contribution is 2.22. The van der Waals surface area contributed by atoms with Crippen LogP contribution in [0.15, 0.2) is 43.0 Å². The molecular weight excluding hydrogens is 278 g/mol. The molecule has 0 unspecified atom stereocenters. The van der Waals surface area contributed by atoms with E-state index < -0.39 is 0 Å². The number of nitrogens with zero attached hydrogens (tertiary/aromatic N) is 2. The highest BCUT2D eigenvalue weighted by atomic mass is 16.6. The van der Waals surface area contributed by atoms with E-state index in [0.29, 0.717) is 0 Å². The highest BCUT2D eigenvalue weighted by Gasteiger charge is 2.32. The van der Waals surface area contributed by atoms with Gasteiger partial charge in [0.25, 0.3) is 0 Å². The summed E-state index contributed by atoms with van der Waals surface area (Å²) in [4.78, 5) is 19.7. The van der Waals surface area contributed by atoms with Gasteiger partial charge in [-0.3, -0.25) is 10.1 Å². The first-order valence-corrected chi connectivity index (χ1v) is 7.45. The van der Waals surface area contributed by atoms with Crippen LogP contribution in [0.25, 0.3) is 11.1 Å². The lowest BCUT2D eigenvalue weighted by atomic mass is 10.0. The summed E-state index contributed by atoms with van der Waals surface area (Å²) in [6, 6.07) is 8.08. The summed E-state index contributed by atoms with van der Waals surface area (Å²) >= 11 is 0. The lowest BCUT2D eigenvalue weighted by molar-refractivity contribution is -0.142. The van der Waals surface area contributed by atoms with E-state index in [1.54, 1.807) is 12.4 Å². The number of rotatable bonds is 4. The van der Waals surface area contributed by atoms with Gasteiger partial charge in [0, 0.05) is 30.4 Å². The topological polar surface area (TPSA) is 64.1 Å². The average molecular weight is 297 g/mol. The smallest absolute Gasteiger partial charge is 0.323 e. The van der Waals surface area contributed by atoms with Crippen molar-refractivity contribution in [3.8, 4) is 11.1 Å². The van der Waals surface area contributed by atoms with Gasteiger partial charge >= 0.3 is 5.97 Å². The summed E-state index contributed by atoms with van der Waals surface area (Å²) in [5, 5.41) is 3.34. The SMILES string of the molecule is C[C@@H]1C[C@H](N[C@H](C)c2ccc(-c3cncnc3)cc2)C(=O)O1. The molecule has 0 saturated carbocycles. The minimum Gasteiger partial charge on any atom is -0.461 e. The van der Waals surface area contributed by atoms with Gasteiger partial charge in [0.2, 0.25) is 0 Å². The van der Waals surface area contributed by atoms with Gasteiger partial charge in [-0.05, 0) is 25.0 Å². The summed E-state index contributed by atoms with van der Waals surface area (Å²) in [6.45, 7) is 3.97. The normalized spacial score (nSPS) is 22.4. The fourth-order valence-electron chi connectivity index (χ4n) is 2.70. The van der Waals surface area contributed by atoms with E-state index in [-0.39, 0.29) is 24.2 Å². The molecule has 114 valence electrons. The summed E-state index contributed by atoms with van der Waals surface area (Å²) in [5.41, 5.74) is 3.20. The van der Waals surface area contributed by atoms with E-state index in [9.17, 15) is 4.79 Å². The molecule has 0 bridgehead atoms. The van der Waals surface area contributed by atoms with E-state index in [1.807, 2.05) is 19.1 Å². The van der Waals surface area contributed by atoms with Gasteiger partial charge in [0.05, 0.1) is 0 Å². The average Bonchev–Trinajstić information content (AvgIpc) is 2.86. The van der Waals surface area contributed by atoms with Crippen molar-refractivity contribution in [3.63, 3.8) is 0 Å². The molecule has 0 amide bonds. The second-order valence-electron chi connectivity index (χ2n) is 5.67. The van der Waals surface area contributed by atoms with Crippen molar-refractivity contribution in [1.29, 1.82) is 0 Å². The predicted octanol–water partition coefficient (Wildman–Crippen LogP) is 2.50. The largest absolute Gasteiger partial charge is 0.461 e. The Hall–Kier alpha value is -2.27. The molecule has 5 nitrogen and oxygen atoms in total. The summed E-state index contributed by atoms with van der Waals surface area (Å²) in [6.07, 6.45) is 5.82. The zero-order valence-corrected chi connectivity index (χ0v) is 12.7. The van der Waals surface area contributed by atoms with Crippen LogP contribution in [0, 0.1) is 0 Å². The van der Waals surface area contributed by atoms with E-state index >= 15 is 0 Å². The van der Waals surface area contributed by atoms with Crippen molar-refractivity contribution in [2.45, 2.75) is 38.5 Å². The number of benzene rings is 1. The summed E-state index contributed by atoms with van der Waals surface area (Å²) in [7, 11) is 0. The van der Waals surface area contributed by atoms with E-state index in [1.165, 1.54) is 6.33 Å². The minimum absolute atomic E-state index is 0.00217. The Kier molecular flexibility index (Phi) is 4.15. The summed E-state index contributed by atoms with van der Waals surface area (Å²) < 4.78 is 5.17. The van der Waals surface area contributed by atoms with Crippen LogP contribution in [0.5, 0.6) is 0 Å². The number of aromatic nitrogens is 2. The van der Waals surface area contributed by atoms with Gasteiger partial charge in [-0.15, -0.1) is 0 Å². The van der Waals surface area contributed by atoms with Gasteiger partial charge < -0.3 is 4.74 Å². The third-order valence-electron chi connectivity index (χ3n) is 3.93. The number of ether oxygens (including phenoxy) is 1. The third kappa shape index (κ3) is 3.14. The second kappa shape index (κ2) is 6.23. The molecule has 1 saturated heterocycles. The number of cyclic esters (lactones) is 1. The first-order valence-electron chi connectivity index (χ1n) is 7.45. The minimum atomic E-state index is -0.216. The molecule has 1 aliphatic rings. The molecule has 0 aliphatic carbocycles. The maximum atomic E-state index is 11.7. The first-order chi connectivity index (χ1) is 10.6. The molecule has 1 aromatic carbocycles. The number of hydrogen-bond acceptors (Lipinski definition) is 5. The Labute approximate surface area is 129 Å². The van der Waals surface area contributed by atoms with Crippen LogP contribution in [-0.4, -0.2) is 28.1 Å². The van der Waals surface area contributed by atoms with Crippen molar-refractivity contribution >= 4 is 5.97 Å². The monoisotopic (exact) mass is 297 g/mol. The standard InChI is InChI=1S/C17H19N3O2/c1-11-7-16(17(21)22-11)20-12(2)13-3-5-14(6-4-13)15-8-18-10-19-9-15/h3-6,8-12,16,20H,7H2,1-2H3/t11-,12-,16+/m1/s1. The van der Waals surface area contributed by atoms with Crippen molar-refractivity contribution in [2.24, 2.45) is 0 Å². The fourth-order valence-corrected chi connectivity index (χ4v) is 2.70. The summed E-state index contributed by atoms with van der Waals surface area (Å²) in [5.74, 6) is -0.155. The molecule has 1 aliphatic heterocycles. The van der Waals surface area contributed by atoms with Gasteiger partial charge in [-0.25, -0.2) is 9.97 Å². The Morgan fingerprint density at radius 3 is 2.45 bits per heavy atom. The van der Waals surface area contributed by atoms with Crippen LogP contribution in [0.3, 0.4) is 0 Å². The molecule has 0 radical (unpaired) electrons. The van der Waals surface area contributed by atoms with Gasteiger partial charge in [-0.1, -0.05) is 24.3 Å². The van der Waals surface area contributed by atoms with Gasteiger partial charge in [-0.2, -0.15) is 0 Å². The fraction of sp³-hybridized carbons (Fsp3) is 0.353. The highest BCUT2D eigenvalue weighted by molar-refractivity contribution is 5.78. The molecule has 1 N–H and O–H groups in total. The van der Waals surface area contributed by atoms with Gasteiger partial charge in [0.15, 0.2) is 0 Å². The van der Waals surface area contributed by atoms with Crippen molar-refractivity contribution in [3.05, 3.63) is 48.5 Å². The first kappa shape index (κ1) is 14.7. The molecular formula is C17H19N3O2. The maximum Gasteiger partial charge on any atom is 0.323 e. The molecule has 2 heterocycles. The number of nitrogens with one attached hydrogen (secondary N) is 1. The predicted molar refractivity (Wildman–Crippen MR) is 83.0 cm³/mol. The maximum absolute atomic E-state index is 11.7. The Bertz CT molecular complexity index is 643. The van der Waals surface area contributed by atoms with Crippen molar-refractivity contribution in [2.75, 3.05) is 0 Å². The zero-order chi connectivity index (χ0) is 15.5. The molecule has 3 rings (SSSR count). The van der Waals surface area contributed by atoms with Crippen molar-refractivity contribution < 1.29 is 9.53 Å². The quantitative estimate of drug-likeness (QED) is 0.878. The Balaban J connectivity index is 1.69. The number of carbonyl (C=O) groups excluding carboxylic acids is 1.